The van der Waals surface area contributed by atoms with Gasteiger partial charge in [-0.3, -0.25) is 0 Å². The predicted octanol–water partition coefficient (Wildman–Crippen LogP) is 2.78. The average molecular weight is 285 g/mol. The zero-order chi connectivity index (χ0) is 14.1. The molecular weight excluding hydrogens is 270 g/mol. The molecule has 1 aromatic carbocycles. The quantitative estimate of drug-likeness (QED) is 0.572. The van der Waals surface area contributed by atoms with Crippen molar-refractivity contribution in [3.8, 4) is 0 Å². The number of nitrogens with two attached hydrogens (primary N) is 1. The summed E-state index contributed by atoms with van der Waals surface area (Å²) in [6, 6.07) is 6.38. The van der Waals surface area contributed by atoms with Crippen molar-refractivity contribution in [3.05, 3.63) is 47.9 Å². The number of hydrogen-bond donors (Lipinski definition) is 2. The maximum atomic E-state index is 5.47. The van der Waals surface area contributed by atoms with Gasteiger partial charge in [-0.15, -0.1) is 0 Å². The highest BCUT2D eigenvalue weighted by Gasteiger charge is 2.10. The Morgan fingerprint density at radius 1 is 1.30 bits per heavy atom. The first-order valence-electron chi connectivity index (χ1n) is 6.23. The highest BCUT2D eigenvalue weighted by molar-refractivity contribution is 7.99. The molecule has 0 unspecified atom stereocenters. The lowest BCUT2D eigenvalue weighted by Crippen LogP contribution is -2.10. The fourth-order valence-corrected chi connectivity index (χ4v) is 3.04. The first-order chi connectivity index (χ1) is 9.67. The molecule has 6 heteroatoms. The summed E-state index contributed by atoms with van der Waals surface area (Å²) in [5.74, 6) is 6.08. The normalized spacial score (nSPS) is 10.9. The number of benzene rings is 1. The SMILES string of the molecule is Cc1ccc(C)c(Sc2nc(NN)cn3ccnc23)c1. The van der Waals surface area contributed by atoms with Crippen LogP contribution in [0.3, 0.4) is 0 Å². The second-order valence-corrected chi connectivity index (χ2v) is 5.64. The second kappa shape index (κ2) is 5.15. The lowest BCUT2D eigenvalue weighted by atomic mass is 10.2. The molecular formula is C14H15N5S. The number of aryl methyl sites for hydroxylation is 2. The molecule has 2 aromatic heterocycles. The van der Waals surface area contributed by atoms with Crippen LogP contribution < -0.4 is 11.3 Å². The van der Waals surface area contributed by atoms with Crippen LogP contribution in [0.2, 0.25) is 0 Å². The zero-order valence-electron chi connectivity index (χ0n) is 11.3. The number of anilines is 1. The fraction of sp³-hybridized carbons (Fsp3) is 0.143. The third-order valence-corrected chi connectivity index (χ3v) is 4.17. The Hall–Kier alpha value is -2.05. The summed E-state index contributed by atoms with van der Waals surface area (Å²) in [5.41, 5.74) is 5.86. The maximum Gasteiger partial charge on any atom is 0.170 e. The van der Waals surface area contributed by atoms with Gasteiger partial charge in [-0.25, -0.2) is 15.8 Å². The van der Waals surface area contributed by atoms with Gasteiger partial charge < -0.3 is 9.83 Å². The van der Waals surface area contributed by atoms with Gasteiger partial charge in [0.05, 0.1) is 6.20 Å². The van der Waals surface area contributed by atoms with Crippen LogP contribution in [-0.4, -0.2) is 14.4 Å². The van der Waals surface area contributed by atoms with Gasteiger partial charge in [0.1, 0.15) is 5.03 Å². The predicted molar refractivity (Wildman–Crippen MR) is 80.8 cm³/mol. The third-order valence-electron chi connectivity index (χ3n) is 3.04. The number of aromatic nitrogens is 3. The van der Waals surface area contributed by atoms with Gasteiger partial charge in [-0.1, -0.05) is 23.9 Å². The van der Waals surface area contributed by atoms with Crippen LogP contribution in [0.1, 0.15) is 11.1 Å². The van der Waals surface area contributed by atoms with E-state index in [1.165, 1.54) is 16.0 Å². The van der Waals surface area contributed by atoms with Crippen LogP contribution in [-0.2, 0) is 0 Å². The minimum atomic E-state index is 0.614. The van der Waals surface area contributed by atoms with Crippen molar-refractivity contribution in [2.75, 3.05) is 5.43 Å². The minimum Gasteiger partial charge on any atom is -0.307 e. The lowest BCUT2D eigenvalue weighted by molar-refractivity contribution is 1.02. The van der Waals surface area contributed by atoms with Gasteiger partial charge in [-0.05, 0) is 31.0 Å². The van der Waals surface area contributed by atoms with Gasteiger partial charge in [0.15, 0.2) is 11.5 Å². The van der Waals surface area contributed by atoms with E-state index in [4.69, 9.17) is 5.84 Å². The molecule has 0 aliphatic rings. The summed E-state index contributed by atoms with van der Waals surface area (Å²) in [6.07, 6.45) is 5.45. The summed E-state index contributed by atoms with van der Waals surface area (Å²) in [7, 11) is 0. The number of rotatable bonds is 3. The van der Waals surface area contributed by atoms with E-state index in [0.29, 0.717) is 5.82 Å². The summed E-state index contributed by atoms with van der Waals surface area (Å²) in [6.45, 7) is 4.18. The fourth-order valence-electron chi connectivity index (χ4n) is 1.96. The number of nitrogen functional groups attached to an aromatic ring is 1. The van der Waals surface area contributed by atoms with Crippen LogP contribution in [0, 0.1) is 13.8 Å². The number of fused-ring (bicyclic) bond motifs is 1. The molecule has 0 spiro atoms. The summed E-state index contributed by atoms with van der Waals surface area (Å²) < 4.78 is 1.91. The number of hydrazine groups is 1. The van der Waals surface area contributed by atoms with Gasteiger partial charge in [0.2, 0.25) is 0 Å². The van der Waals surface area contributed by atoms with E-state index in [2.05, 4.69) is 47.4 Å². The van der Waals surface area contributed by atoms with E-state index in [1.807, 2.05) is 16.8 Å². The maximum absolute atomic E-state index is 5.47. The summed E-state index contributed by atoms with van der Waals surface area (Å²) in [4.78, 5) is 10.0. The van der Waals surface area contributed by atoms with Gasteiger partial charge in [0, 0.05) is 17.3 Å². The standard InChI is InChI=1S/C14H15N5S/c1-9-3-4-10(2)11(7-9)20-14-13-16-5-6-19(13)8-12(17-14)18-15/h3-8,18H,15H2,1-2H3. The van der Waals surface area contributed by atoms with Crippen molar-refractivity contribution in [2.24, 2.45) is 5.84 Å². The summed E-state index contributed by atoms with van der Waals surface area (Å²) in [5, 5.41) is 0.833. The Morgan fingerprint density at radius 2 is 2.15 bits per heavy atom. The molecule has 102 valence electrons. The molecule has 0 saturated heterocycles. The van der Waals surface area contributed by atoms with Crippen LogP contribution >= 0.6 is 11.8 Å². The molecule has 0 aliphatic carbocycles. The van der Waals surface area contributed by atoms with Crippen molar-refractivity contribution in [3.63, 3.8) is 0 Å². The van der Waals surface area contributed by atoms with Crippen LogP contribution in [0.4, 0.5) is 5.82 Å². The number of hydrogen-bond acceptors (Lipinski definition) is 5. The van der Waals surface area contributed by atoms with E-state index in [1.54, 1.807) is 18.0 Å². The largest absolute Gasteiger partial charge is 0.307 e. The number of nitrogens with one attached hydrogen (secondary N) is 1. The third kappa shape index (κ3) is 2.35. The Labute approximate surface area is 121 Å². The van der Waals surface area contributed by atoms with Crippen molar-refractivity contribution in [2.45, 2.75) is 23.8 Å². The first kappa shape index (κ1) is 13.0. The Balaban J connectivity index is 2.09. The van der Waals surface area contributed by atoms with E-state index >= 15 is 0 Å². The lowest BCUT2D eigenvalue weighted by Gasteiger charge is -2.09. The molecule has 3 aromatic rings. The smallest absolute Gasteiger partial charge is 0.170 e. The monoisotopic (exact) mass is 285 g/mol. The van der Waals surface area contributed by atoms with E-state index in [9.17, 15) is 0 Å². The van der Waals surface area contributed by atoms with Gasteiger partial charge in [-0.2, -0.15) is 0 Å². The van der Waals surface area contributed by atoms with E-state index < -0.39 is 0 Å². The van der Waals surface area contributed by atoms with Crippen molar-refractivity contribution in [1.82, 2.24) is 14.4 Å². The van der Waals surface area contributed by atoms with Crippen LogP contribution in [0.15, 0.2) is 46.7 Å². The molecule has 0 saturated carbocycles. The van der Waals surface area contributed by atoms with E-state index in [0.717, 1.165) is 10.7 Å². The Kier molecular flexibility index (Phi) is 3.33. The van der Waals surface area contributed by atoms with Crippen molar-refractivity contribution < 1.29 is 0 Å². The topological polar surface area (TPSA) is 68.2 Å². The zero-order valence-corrected chi connectivity index (χ0v) is 12.1. The molecule has 3 rings (SSSR count). The molecule has 3 N–H and O–H groups in total. The molecule has 5 nitrogen and oxygen atoms in total. The molecule has 20 heavy (non-hydrogen) atoms. The van der Waals surface area contributed by atoms with Crippen molar-refractivity contribution in [1.29, 1.82) is 0 Å². The minimum absolute atomic E-state index is 0.614. The molecule has 0 amide bonds. The van der Waals surface area contributed by atoms with Crippen molar-refractivity contribution >= 4 is 23.2 Å². The molecule has 0 bridgehead atoms. The number of nitrogens with zero attached hydrogens (tertiary/aromatic N) is 3. The average Bonchev–Trinajstić information content (AvgIpc) is 2.91. The molecule has 0 atom stereocenters. The molecule has 0 aliphatic heterocycles. The molecule has 0 radical (unpaired) electrons. The van der Waals surface area contributed by atoms with Gasteiger partial charge in [0.25, 0.3) is 0 Å². The number of imidazole rings is 1. The Morgan fingerprint density at radius 3 is 2.95 bits per heavy atom. The van der Waals surface area contributed by atoms with Gasteiger partial charge >= 0.3 is 0 Å². The molecule has 2 heterocycles. The first-order valence-corrected chi connectivity index (χ1v) is 7.04. The highest BCUT2D eigenvalue weighted by atomic mass is 32.2. The summed E-state index contributed by atoms with van der Waals surface area (Å²) >= 11 is 1.60. The van der Waals surface area contributed by atoms with Crippen LogP contribution in [0.5, 0.6) is 0 Å². The van der Waals surface area contributed by atoms with Crippen LogP contribution in [0.25, 0.3) is 5.65 Å². The molecule has 0 fully saturated rings. The van der Waals surface area contributed by atoms with E-state index in [-0.39, 0.29) is 0 Å². The highest BCUT2D eigenvalue weighted by Crippen LogP contribution is 2.32. The second-order valence-electron chi connectivity index (χ2n) is 4.60. The Bertz CT molecular complexity index is 765.